The highest BCUT2D eigenvalue weighted by Crippen LogP contribution is 1.97. The van der Waals surface area contributed by atoms with Gasteiger partial charge in [0.05, 0.1) is 12.7 Å². The van der Waals surface area contributed by atoms with Gasteiger partial charge in [-0.3, -0.25) is 4.99 Å². The number of unbranched alkanes of at least 4 members (excludes halogenated alkanes) is 1. The molecule has 0 bridgehead atoms. The first-order valence-electron chi connectivity index (χ1n) is 5.13. The molecule has 0 aromatic carbocycles. The van der Waals surface area contributed by atoms with E-state index >= 15 is 0 Å². The van der Waals surface area contributed by atoms with Crippen molar-refractivity contribution in [2.24, 2.45) is 4.99 Å². The van der Waals surface area contributed by atoms with Crippen molar-refractivity contribution < 1.29 is 0 Å². The predicted octanol–water partition coefficient (Wildman–Crippen LogP) is 1.77. The van der Waals surface area contributed by atoms with Crippen LogP contribution in [0.15, 0.2) is 36.5 Å². The molecule has 0 unspecified atom stereocenters. The molecule has 0 fully saturated rings. The molecular formula is C11H18N4. The number of imidazole rings is 1. The second-order valence-electron chi connectivity index (χ2n) is 3.30. The second-order valence-corrected chi connectivity index (χ2v) is 3.30. The van der Waals surface area contributed by atoms with Gasteiger partial charge in [-0.1, -0.05) is 6.58 Å². The minimum atomic E-state index is 0.968. The lowest BCUT2D eigenvalue weighted by Gasteiger charge is -2.13. The van der Waals surface area contributed by atoms with E-state index in [9.17, 15) is 0 Å². The lowest BCUT2D eigenvalue weighted by Crippen LogP contribution is -2.16. The van der Waals surface area contributed by atoms with Gasteiger partial charge in [0, 0.05) is 32.5 Å². The molecule has 0 aliphatic heterocycles. The molecule has 1 rings (SSSR count). The Morgan fingerprint density at radius 1 is 1.53 bits per heavy atom. The summed E-state index contributed by atoms with van der Waals surface area (Å²) in [5.41, 5.74) is 0. The van der Waals surface area contributed by atoms with Crippen LogP contribution in [-0.4, -0.2) is 34.4 Å². The van der Waals surface area contributed by atoms with Crippen molar-refractivity contribution in [1.82, 2.24) is 14.5 Å². The van der Waals surface area contributed by atoms with Crippen molar-refractivity contribution in [1.29, 1.82) is 0 Å². The zero-order valence-corrected chi connectivity index (χ0v) is 9.21. The molecule has 4 heteroatoms. The molecule has 1 aromatic heterocycles. The Hall–Kier alpha value is -1.58. The highest BCUT2D eigenvalue weighted by atomic mass is 15.1. The Morgan fingerprint density at radius 2 is 2.40 bits per heavy atom. The van der Waals surface area contributed by atoms with E-state index in [0.717, 1.165) is 25.9 Å². The van der Waals surface area contributed by atoms with Gasteiger partial charge in [0.15, 0.2) is 0 Å². The third kappa shape index (κ3) is 4.44. The summed E-state index contributed by atoms with van der Waals surface area (Å²) >= 11 is 0. The summed E-state index contributed by atoms with van der Waals surface area (Å²) in [5.74, 6) is 0. The Bertz CT molecular complexity index is 290. The molecule has 1 aromatic rings. The summed E-state index contributed by atoms with van der Waals surface area (Å²) in [6.45, 7) is 5.72. The van der Waals surface area contributed by atoms with Crippen molar-refractivity contribution in [2.45, 2.75) is 19.4 Å². The van der Waals surface area contributed by atoms with Crippen LogP contribution in [0.3, 0.4) is 0 Å². The Balaban J connectivity index is 2.13. The third-order valence-corrected chi connectivity index (χ3v) is 2.14. The third-order valence-electron chi connectivity index (χ3n) is 2.14. The van der Waals surface area contributed by atoms with Crippen molar-refractivity contribution in [3.8, 4) is 0 Å². The number of rotatable bonds is 7. The molecule has 0 atom stereocenters. The maximum Gasteiger partial charge on any atom is 0.0945 e. The highest BCUT2D eigenvalue weighted by Gasteiger charge is 1.95. The van der Waals surface area contributed by atoms with E-state index in [-0.39, 0.29) is 0 Å². The second kappa shape index (κ2) is 6.81. The maximum absolute atomic E-state index is 4.00. The van der Waals surface area contributed by atoms with Crippen LogP contribution in [0.1, 0.15) is 12.8 Å². The van der Waals surface area contributed by atoms with E-state index in [1.165, 1.54) is 0 Å². The van der Waals surface area contributed by atoms with E-state index in [1.54, 1.807) is 25.8 Å². The van der Waals surface area contributed by atoms with Gasteiger partial charge in [-0.15, -0.1) is 0 Å². The molecule has 0 spiro atoms. The number of aromatic nitrogens is 2. The zero-order chi connectivity index (χ0) is 10.9. The SMILES string of the molecule is C=CN(C=NC)CCCCn1ccnc1. The van der Waals surface area contributed by atoms with Gasteiger partial charge in [-0.05, 0) is 19.0 Å². The highest BCUT2D eigenvalue weighted by molar-refractivity contribution is 5.55. The fourth-order valence-corrected chi connectivity index (χ4v) is 1.35. The Kier molecular flexibility index (Phi) is 5.22. The molecule has 0 amide bonds. The fraction of sp³-hybridized carbons (Fsp3) is 0.455. The van der Waals surface area contributed by atoms with Crippen LogP contribution in [0.4, 0.5) is 0 Å². The van der Waals surface area contributed by atoms with Crippen molar-refractivity contribution in [3.63, 3.8) is 0 Å². The van der Waals surface area contributed by atoms with Gasteiger partial charge < -0.3 is 9.47 Å². The van der Waals surface area contributed by atoms with Gasteiger partial charge in [0.25, 0.3) is 0 Å². The average molecular weight is 206 g/mol. The lowest BCUT2D eigenvalue weighted by atomic mass is 10.3. The quantitative estimate of drug-likeness (QED) is 0.387. The molecule has 0 radical (unpaired) electrons. The largest absolute Gasteiger partial charge is 0.340 e. The fourth-order valence-electron chi connectivity index (χ4n) is 1.35. The first kappa shape index (κ1) is 11.5. The van der Waals surface area contributed by atoms with E-state index in [2.05, 4.69) is 21.1 Å². The van der Waals surface area contributed by atoms with Crippen molar-refractivity contribution >= 4 is 6.34 Å². The normalized spacial score (nSPS) is 10.7. The maximum atomic E-state index is 4.00. The molecule has 82 valence electrons. The molecule has 0 N–H and O–H groups in total. The smallest absolute Gasteiger partial charge is 0.0945 e. The average Bonchev–Trinajstić information content (AvgIpc) is 2.75. The summed E-state index contributed by atoms with van der Waals surface area (Å²) in [5, 5.41) is 0. The predicted molar refractivity (Wildman–Crippen MR) is 62.8 cm³/mol. The van der Waals surface area contributed by atoms with Crippen LogP contribution in [0, 0.1) is 0 Å². The molecule has 15 heavy (non-hydrogen) atoms. The van der Waals surface area contributed by atoms with Gasteiger partial charge in [-0.2, -0.15) is 0 Å². The zero-order valence-electron chi connectivity index (χ0n) is 9.21. The van der Waals surface area contributed by atoms with Crippen LogP contribution in [-0.2, 0) is 6.54 Å². The summed E-state index contributed by atoms with van der Waals surface area (Å²) < 4.78 is 2.09. The summed E-state index contributed by atoms with van der Waals surface area (Å²) in [4.78, 5) is 9.94. The monoisotopic (exact) mass is 206 g/mol. The van der Waals surface area contributed by atoms with Gasteiger partial charge >= 0.3 is 0 Å². The topological polar surface area (TPSA) is 33.4 Å². The van der Waals surface area contributed by atoms with Crippen molar-refractivity contribution in [3.05, 3.63) is 31.5 Å². The number of nitrogens with zero attached hydrogens (tertiary/aromatic N) is 4. The number of aliphatic imine (C=N–C) groups is 1. The minimum Gasteiger partial charge on any atom is -0.340 e. The summed E-state index contributed by atoms with van der Waals surface area (Å²) in [6, 6.07) is 0. The number of hydrogen-bond donors (Lipinski definition) is 0. The molecule has 0 aliphatic carbocycles. The van der Waals surface area contributed by atoms with Crippen LogP contribution < -0.4 is 0 Å². The molecule has 1 heterocycles. The lowest BCUT2D eigenvalue weighted by molar-refractivity contribution is 0.505. The molecule has 0 saturated heterocycles. The van der Waals surface area contributed by atoms with E-state index < -0.39 is 0 Å². The van der Waals surface area contributed by atoms with E-state index in [4.69, 9.17) is 0 Å². The van der Waals surface area contributed by atoms with Crippen LogP contribution >= 0.6 is 0 Å². The van der Waals surface area contributed by atoms with Crippen LogP contribution in [0.5, 0.6) is 0 Å². The Labute approximate surface area is 91.0 Å². The van der Waals surface area contributed by atoms with Crippen LogP contribution in [0.2, 0.25) is 0 Å². The van der Waals surface area contributed by atoms with Crippen molar-refractivity contribution in [2.75, 3.05) is 13.6 Å². The van der Waals surface area contributed by atoms with Crippen LogP contribution in [0.25, 0.3) is 0 Å². The van der Waals surface area contributed by atoms with E-state index in [1.807, 2.05) is 17.4 Å². The number of hydrogen-bond acceptors (Lipinski definition) is 2. The number of aryl methyl sites for hydroxylation is 1. The summed E-state index contributed by atoms with van der Waals surface area (Å²) in [7, 11) is 1.77. The first-order valence-corrected chi connectivity index (χ1v) is 5.13. The summed E-state index contributed by atoms with van der Waals surface area (Å²) in [6.07, 6.45) is 11.5. The standard InChI is InChI=1S/C11H18N4/c1-3-14(10-12-2)7-4-5-8-15-9-6-13-11-15/h3,6,9-11H,1,4-5,7-8H2,2H3. The molecule has 0 aliphatic rings. The van der Waals surface area contributed by atoms with E-state index in [0.29, 0.717) is 0 Å². The van der Waals surface area contributed by atoms with Gasteiger partial charge in [0.2, 0.25) is 0 Å². The Morgan fingerprint density at radius 3 is 3.00 bits per heavy atom. The molecular weight excluding hydrogens is 188 g/mol. The van der Waals surface area contributed by atoms with Gasteiger partial charge in [-0.25, -0.2) is 4.98 Å². The first-order chi connectivity index (χ1) is 7.36. The minimum absolute atomic E-state index is 0.968. The molecule has 0 saturated carbocycles. The van der Waals surface area contributed by atoms with Gasteiger partial charge in [0.1, 0.15) is 0 Å². The molecule has 4 nitrogen and oxygen atoms in total.